The largest absolute Gasteiger partial charge is 0.443 e. The summed E-state index contributed by atoms with van der Waals surface area (Å²) in [5.74, 6) is 0.790. The third-order valence-electron chi connectivity index (χ3n) is 9.32. The number of oxazole rings is 1. The van der Waals surface area contributed by atoms with Crippen LogP contribution < -0.4 is 10.2 Å². The Hall–Kier alpha value is -4.29. The normalized spacial score (nSPS) is 21.8. The standard InChI is InChI=1S/C32H34N6O5S/c1-3-28(39)37-11-10-32(18-37)15-22(16-32)38-24-5-4-21(36(2)30(41)20-8-12-42-13-9-20)14-23(24)34-31(38)35-29(40)27-7-6-26(44-27)25-17-33-19-43-25/h3-7,14,17,19-20,22H,1,8-13,15-16,18H2,2H3,(H,34,35,40). The lowest BCUT2D eigenvalue weighted by atomic mass is 9.65. The first-order valence-electron chi connectivity index (χ1n) is 14.9. The number of nitrogens with one attached hydrogen (secondary N) is 1. The molecule has 0 radical (unpaired) electrons. The zero-order valence-corrected chi connectivity index (χ0v) is 25.3. The lowest BCUT2D eigenvalue weighted by Gasteiger charge is -2.46. The van der Waals surface area contributed by atoms with Gasteiger partial charge in [-0.25, -0.2) is 9.97 Å². The number of carbonyl (C=O) groups is 3. The molecule has 12 heteroatoms. The number of benzene rings is 1. The van der Waals surface area contributed by atoms with Crippen LogP contribution in [0.3, 0.4) is 0 Å². The van der Waals surface area contributed by atoms with E-state index in [0.29, 0.717) is 41.9 Å². The molecule has 5 heterocycles. The molecule has 1 aliphatic carbocycles. The zero-order valence-electron chi connectivity index (χ0n) is 24.5. The Morgan fingerprint density at radius 2 is 2.00 bits per heavy atom. The fourth-order valence-electron chi connectivity index (χ4n) is 6.90. The van der Waals surface area contributed by atoms with Gasteiger partial charge in [0, 0.05) is 51.0 Å². The smallest absolute Gasteiger partial charge is 0.268 e. The predicted molar refractivity (Wildman–Crippen MR) is 167 cm³/mol. The number of carbonyl (C=O) groups excluding carboxylic acids is 3. The molecule has 0 atom stereocenters. The minimum atomic E-state index is -0.262. The number of fused-ring (bicyclic) bond motifs is 1. The maximum absolute atomic E-state index is 13.5. The van der Waals surface area contributed by atoms with Crippen molar-refractivity contribution in [2.24, 2.45) is 11.3 Å². The highest BCUT2D eigenvalue weighted by atomic mass is 32.1. The van der Waals surface area contributed by atoms with E-state index in [4.69, 9.17) is 14.1 Å². The molecule has 3 fully saturated rings. The van der Waals surface area contributed by atoms with Crippen molar-refractivity contribution in [3.8, 4) is 10.6 Å². The summed E-state index contributed by atoms with van der Waals surface area (Å²) >= 11 is 1.32. The summed E-state index contributed by atoms with van der Waals surface area (Å²) in [6.07, 6.45) is 8.50. The molecule has 44 heavy (non-hydrogen) atoms. The Bertz CT molecular complexity index is 1730. The molecular formula is C32H34N6O5S. The fourth-order valence-corrected chi connectivity index (χ4v) is 7.75. The van der Waals surface area contributed by atoms with Crippen LogP contribution in [0.1, 0.15) is 47.8 Å². The number of imidazole rings is 1. The molecule has 11 nitrogen and oxygen atoms in total. The van der Waals surface area contributed by atoms with Crippen LogP contribution in [0.25, 0.3) is 21.7 Å². The molecule has 1 saturated carbocycles. The number of rotatable bonds is 7. The number of likely N-dealkylation sites (tertiary alicyclic amines) is 1. The van der Waals surface area contributed by atoms with Gasteiger partial charge in [-0.3, -0.25) is 19.7 Å². The molecule has 2 saturated heterocycles. The van der Waals surface area contributed by atoms with E-state index in [1.165, 1.54) is 23.8 Å². The second kappa shape index (κ2) is 11.3. The van der Waals surface area contributed by atoms with E-state index in [9.17, 15) is 14.4 Å². The van der Waals surface area contributed by atoms with E-state index in [0.717, 1.165) is 54.7 Å². The molecular weight excluding hydrogens is 580 g/mol. The highest BCUT2D eigenvalue weighted by Gasteiger charge is 2.50. The summed E-state index contributed by atoms with van der Waals surface area (Å²) in [4.78, 5) is 52.7. The van der Waals surface area contributed by atoms with Crippen molar-refractivity contribution in [2.75, 3.05) is 43.6 Å². The Kier molecular flexibility index (Phi) is 7.33. The molecule has 228 valence electrons. The SMILES string of the molecule is C=CC(=O)N1CCC2(CC(n3c(NC(=O)c4ccc(-c5cnco5)s4)nc4cc(N(C)C(=O)C5CCOCC5)ccc43)C2)C1. The van der Waals surface area contributed by atoms with Crippen LogP contribution in [0.4, 0.5) is 11.6 Å². The number of hydrogen-bond donors (Lipinski definition) is 1. The number of thiophene rings is 1. The fraction of sp³-hybridized carbons (Fsp3) is 0.406. The van der Waals surface area contributed by atoms with Crippen LogP contribution >= 0.6 is 11.3 Å². The van der Waals surface area contributed by atoms with Gasteiger partial charge < -0.3 is 23.5 Å². The molecule has 7 rings (SSSR count). The van der Waals surface area contributed by atoms with Gasteiger partial charge in [-0.1, -0.05) is 6.58 Å². The first-order valence-corrected chi connectivity index (χ1v) is 15.7. The van der Waals surface area contributed by atoms with Crippen LogP contribution in [0.5, 0.6) is 0 Å². The van der Waals surface area contributed by atoms with Crippen LogP contribution in [-0.4, -0.2) is 70.5 Å². The number of aromatic nitrogens is 3. The van der Waals surface area contributed by atoms with Crippen molar-refractivity contribution in [3.05, 3.63) is 60.5 Å². The van der Waals surface area contributed by atoms with E-state index in [2.05, 4.69) is 21.4 Å². The van der Waals surface area contributed by atoms with Crippen molar-refractivity contribution in [1.82, 2.24) is 19.4 Å². The summed E-state index contributed by atoms with van der Waals surface area (Å²) in [6, 6.07) is 9.56. The van der Waals surface area contributed by atoms with Crippen LogP contribution in [-0.2, 0) is 14.3 Å². The topological polar surface area (TPSA) is 123 Å². The van der Waals surface area contributed by atoms with Gasteiger partial charge in [0.2, 0.25) is 17.8 Å². The van der Waals surface area contributed by atoms with Gasteiger partial charge in [-0.05, 0) is 73.9 Å². The minimum Gasteiger partial charge on any atom is -0.443 e. The number of amides is 3. The number of ether oxygens (including phenoxy) is 1. The molecule has 2 aliphatic heterocycles. The second-order valence-electron chi connectivity index (χ2n) is 12.0. The average molecular weight is 615 g/mol. The Balaban J connectivity index is 1.17. The lowest BCUT2D eigenvalue weighted by Crippen LogP contribution is -2.42. The Labute approximate surface area is 258 Å². The van der Waals surface area contributed by atoms with E-state index in [1.54, 1.807) is 24.2 Å². The van der Waals surface area contributed by atoms with Crippen LogP contribution in [0, 0.1) is 11.3 Å². The summed E-state index contributed by atoms with van der Waals surface area (Å²) in [7, 11) is 1.80. The molecule has 0 bridgehead atoms. The maximum atomic E-state index is 13.5. The summed E-state index contributed by atoms with van der Waals surface area (Å²) in [5.41, 5.74) is 2.40. The first-order chi connectivity index (χ1) is 21.3. The van der Waals surface area contributed by atoms with E-state index >= 15 is 0 Å². The van der Waals surface area contributed by atoms with E-state index in [-0.39, 0.29) is 35.1 Å². The van der Waals surface area contributed by atoms with E-state index in [1.807, 2.05) is 29.2 Å². The maximum Gasteiger partial charge on any atom is 0.268 e. The molecule has 1 aromatic carbocycles. The Morgan fingerprint density at radius 3 is 2.75 bits per heavy atom. The van der Waals surface area contributed by atoms with Gasteiger partial charge in [0.25, 0.3) is 5.91 Å². The van der Waals surface area contributed by atoms with Gasteiger partial charge in [-0.2, -0.15) is 0 Å². The molecule has 4 aromatic rings. The predicted octanol–water partition coefficient (Wildman–Crippen LogP) is 5.13. The van der Waals surface area contributed by atoms with Crippen molar-refractivity contribution < 1.29 is 23.5 Å². The van der Waals surface area contributed by atoms with Crippen LogP contribution in [0.15, 0.2) is 60.0 Å². The van der Waals surface area contributed by atoms with Crippen molar-refractivity contribution in [2.45, 2.75) is 38.1 Å². The van der Waals surface area contributed by atoms with Crippen LogP contribution in [0.2, 0.25) is 0 Å². The molecule has 0 unspecified atom stereocenters. The molecule has 1 spiro atoms. The first kappa shape index (κ1) is 28.5. The minimum absolute atomic E-state index is 0.0287. The van der Waals surface area contributed by atoms with Crippen molar-refractivity contribution in [1.29, 1.82) is 0 Å². The number of hydrogen-bond acceptors (Lipinski definition) is 8. The molecule has 1 N–H and O–H groups in total. The van der Waals surface area contributed by atoms with Crippen molar-refractivity contribution >= 4 is 51.7 Å². The quantitative estimate of drug-likeness (QED) is 0.286. The average Bonchev–Trinajstić information content (AvgIpc) is 3.85. The number of nitrogens with zero attached hydrogens (tertiary/aromatic N) is 5. The van der Waals surface area contributed by atoms with Gasteiger partial charge in [-0.15, -0.1) is 11.3 Å². The highest BCUT2D eigenvalue weighted by molar-refractivity contribution is 7.17. The molecule has 3 amide bonds. The number of anilines is 2. The van der Waals surface area contributed by atoms with Gasteiger partial charge in [0.15, 0.2) is 12.2 Å². The van der Waals surface area contributed by atoms with Gasteiger partial charge in [0.05, 0.1) is 27.0 Å². The third-order valence-corrected chi connectivity index (χ3v) is 10.4. The van der Waals surface area contributed by atoms with E-state index < -0.39 is 0 Å². The van der Waals surface area contributed by atoms with Crippen molar-refractivity contribution in [3.63, 3.8) is 0 Å². The zero-order chi connectivity index (χ0) is 30.4. The third kappa shape index (κ3) is 5.11. The highest BCUT2D eigenvalue weighted by Crippen LogP contribution is 2.55. The summed E-state index contributed by atoms with van der Waals surface area (Å²) in [6.45, 7) is 6.29. The Morgan fingerprint density at radius 1 is 1.18 bits per heavy atom. The van der Waals surface area contributed by atoms with Gasteiger partial charge in [0.1, 0.15) is 0 Å². The molecule has 3 aromatic heterocycles. The summed E-state index contributed by atoms with van der Waals surface area (Å²) in [5, 5.41) is 3.07. The monoisotopic (exact) mass is 614 g/mol. The second-order valence-corrected chi connectivity index (χ2v) is 13.1. The lowest BCUT2D eigenvalue weighted by molar-refractivity contribution is -0.126. The van der Waals surface area contributed by atoms with Gasteiger partial charge >= 0.3 is 0 Å². The molecule has 3 aliphatic rings. The summed E-state index contributed by atoms with van der Waals surface area (Å²) < 4.78 is 12.9.